The van der Waals surface area contributed by atoms with Crippen molar-refractivity contribution in [2.45, 2.75) is 19.9 Å². The Kier molecular flexibility index (Phi) is 3.92. The van der Waals surface area contributed by atoms with Gasteiger partial charge >= 0.3 is 0 Å². The van der Waals surface area contributed by atoms with Gasteiger partial charge in [-0.15, -0.1) is 0 Å². The summed E-state index contributed by atoms with van der Waals surface area (Å²) >= 11 is 0. The van der Waals surface area contributed by atoms with Crippen molar-refractivity contribution in [3.63, 3.8) is 0 Å². The Bertz CT molecular complexity index is 851. The molecule has 0 aliphatic carbocycles. The SMILES string of the molecule is CNc1cc(-c2c[nH]c3nc(NC(C)C)ncc23)ccc1N=N. The molecule has 0 atom stereocenters. The third-order valence-corrected chi connectivity index (χ3v) is 3.55. The highest BCUT2D eigenvalue weighted by atomic mass is 15.1. The lowest BCUT2D eigenvalue weighted by Crippen LogP contribution is -2.12. The maximum atomic E-state index is 7.20. The smallest absolute Gasteiger partial charge is 0.224 e. The van der Waals surface area contributed by atoms with Gasteiger partial charge in [0.15, 0.2) is 0 Å². The number of rotatable bonds is 5. The molecule has 0 radical (unpaired) electrons. The van der Waals surface area contributed by atoms with Crippen molar-refractivity contribution in [1.29, 1.82) is 5.53 Å². The minimum Gasteiger partial charge on any atom is -0.386 e. The number of anilines is 2. The summed E-state index contributed by atoms with van der Waals surface area (Å²) in [5.74, 6) is 0.611. The Labute approximate surface area is 134 Å². The van der Waals surface area contributed by atoms with Crippen molar-refractivity contribution >= 4 is 28.4 Å². The fourth-order valence-electron chi connectivity index (χ4n) is 2.48. The van der Waals surface area contributed by atoms with Gasteiger partial charge in [-0.05, 0) is 31.5 Å². The molecule has 0 aliphatic rings. The second-order valence-electron chi connectivity index (χ2n) is 5.55. The molecule has 0 aliphatic heterocycles. The van der Waals surface area contributed by atoms with E-state index in [1.165, 1.54) is 0 Å². The molecule has 3 rings (SSSR count). The van der Waals surface area contributed by atoms with E-state index in [1.807, 2.05) is 51.5 Å². The fraction of sp³-hybridized carbons (Fsp3) is 0.250. The third-order valence-electron chi connectivity index (χ3n) is 3.55. The molecule has 4 N–H and O–H groups in total. The predicted molar refractivity (Wildman–Crippen MR) is 92.4 cm³/mol. The van der Waals surface area contributed by atoms with E-state index in [4.69, 9.17) is 5.53 Å². The second-order valence-corrected chi connectivity index (χ2v) is 5.55. The number of benzene rings is 1. The molecule has 7 heteroatoms. The van der Waals surface area contributed by atoms with Crippen molar-refractivity contribution in [2.24, 2.45) is 5.11 Å². The first-order valence-electron chi connectivity index (χ1n) is 7.42. The molecule has 0 spiro atoms. The molecular weight excluding hydrogens is 290 g/mol. The van der Waals surface area contributed by atoms with Gasteiger partial charge < -0.3 is 15.6 Å². The molecule has 23 heavy (non-hydrogen) atoms. The lowest BCUT2D eigenvalue weighted by Gasteiger charge is -2.08. The quantitative estimate of drug-likeness (QED) is 0.532. The van der Waals surface area contributed by atoms with Crippen LogP contribution in [0.3, 0.4) is 0 Å². The number of nitrogens with zero attached hydrogens (tertiary/aromatic N) is 3. The first kappa shape index (κ1) is 15.0. The van der Waals surface area contributed by atoms with Crippen LogP contribution in [0.2, 0.25) is 0 Å². The van der Waals surface area contributed by atoms with E-state index in [-0.39, 0.29) is 6.04 Å². The van der Waals surface area contributed by atoms with Gasteiger partial charge in [-0.25, -0.2) is 10.5 Å². The van der Waals surface area contributed by atoms with Crippen molar-refractivity contribution < 1.29 is 0 Å². The molecule has 7 nitrogen and oxygen atoms in total. The maximum Gasteiger partial charge on any atom is 0.224 e. The lowest BCUT2D eigenvalue weighted by molar-refractivity contribution is 0.877. The van der Waals surface area contributed by atoms with Crippen molar-refractivity contribution in [1.82, 2.24) is 15.0 Å². The summed E-state index contributed by atoms with van der Waals surface area (Å²) in [4.78, 5) is 12.1. The zero-order valence-electron chi connectivity index (χ0n) is 13.3. The first-order chi connectivity index (χ1) is 11.1. The van der Waals surface area contributed by atoms with Crippen LogP contribution < -0.4 is 10.6 Å². The monoisotopic (exact) mass is 309 g/mol. The highest BCUT2D eigenvalue weighted by Crippen LogP contribution is 2.33. The molecule has 118 valence electrons. The van der Waals surface area contributed by atoms with E-state index in [0.717, 1.165) is 27.8 Å². The number of nitrogens with one attached hydrogen (secondary N) is 4. The van der Waals surface area contributed by atoms with E-state index in [9.17, 15) is 0 Å². The van der Waals surface area contributed by atoms with Crippen LogP contribution in [0.1, 0.15) is 13.8 Å². The summed E-state index contributed by atoms with van der Waals surface area (Å²) in [6, 6.07) is 6.01. The number of aromatic nitrogens is 3. The lowest BCUT2D eigenvalue weighted by atomic mass is 10.1. The second kappa shape index (κ2) is 6.04. The van der Waals surface area contributed by atoms with Gasteiger partial charge in [-0.2, -0.15) is 10.1 Å². The Morgan fingerprint density at radius 1 is 1.30 bits per heavy atom. The van der Waals surface area contributed by atoms with Gasteiger partial charge in [-0.1, -0.05) is 6.07 Å². The Hall–Kier alpha value is -2.96. The number of hydrogen-bond donors (Lipinski definition) is 4. The molecular formula is C16H19N7. The minimum atomic E-state index is 0.279. The molecule has 3 aromatic rings. The third kappa shape index (κ3) is 2.85. The minimum absolute atomic E-state index is 0.279. The summed E-state index contributed by atoms with van der Waals surface area (Å²) in [6.07, 6.45) is 3.74. The average Bonchev–Trinajstić information content (AvgIpc) is 2.96. The Balaban J connectivity index is 2.05. The van der Waals surface area contributed by atoms with Crippen LogP contribution in [0.5, 0.6) is 0 Å². The Morgan fingerprint density at radius 3 is 2.83 bits per heavy atom. The van der Waals surface area contributed by atoms with Crippen LogP contribution >= 0.6 is 0 Å². The highest BCUT2D eigenvalue weighted by Gasteiger charge is 2.11. The number of fused-ring (bicyclic) bond motifs is 1. The van der Waals surface area contributed by atoms with E-state index < -0.39 is 0 Å². The van der Waals surface area contributed by atoms with Gasteiger partial charge in [0.05, 0.1) is 5.69 Å². The van der Waals surface area contributed by atoms with E-state index in [0.29, 0.717) is 11.6 Å². The van der Waals surface area contributed by atoms with Crippen molar-refractivity contribution in [3.8, 4) is 11.1 Å². The predicted octanol–water partition coefficient (Wildman–Crippen LogP) is 4.15. The maximum absolute atomic E-state index is 7.20. The van der Waals surface area contributed by atoms with Crippen LogP contribution in [-0.4, -0.2) is 28.0 Å². The van der Waals surface area contributed by atoms with Gasteiger partial charge in [-0.3, -0.25) is 0 Å². The normalized spacial score (nSPS) is 11.0. The molecule has 0 amide bonds. The Morgan fingerprint density at radius 2 is 2.13 bits per heavy atom. The van der Waals surface area contributed by atoms with E-state index in [1.54, 1.807) is 0 Å². The molecule has 2 heterocycles. The van der Waals surface area contributed by atoms with Gasteiger partial charge in [0.25, 0.3) is 0 Å². The molecule has 0 unspecified atom stereocenters. The highest BCUT2D eigenvalue weighted by molar-refractivity contribution is 5.94. The van der Waals surface area contributed by atoms with Crippen molar-refractivity contribution in [2.75, 3.05) is 17.7 Å². The number of hydrogen-bond acceptors (Lipinski definition) is 6. The van der Waals surface area contributed by atoms with Crippen LogP contribution in [0.4, 0.5) is 17.3 Å². The molecule has 0 saturated heterocycles. The summed E-state index contributed by atoms with van der Waals surface area (Å²) in [5, 5.41) is 10.7. The summed E-state index contributed by atoms with van der Waals surface area (Å²) in [7, 11) is 1.82. The van der Waals surface area contributed by atoms with E-state index in [2.05, 4.69) is 30.7 Å². The zero-order chi connectivity index (χ0) is 16.4. The standard InChI is InChI=1S/C16H19N7/c1-9(2)21-16-20-8-12-11(7-19-15(12)22-16)10-4-5-13(23-17)14(6-10)18-3/h4-9,17-18H,1-3H3,(H2,19,20,21,22). The van der Waals surface area contributed by atoms with Gasteiger partial charge in [0, 0.05) is 36.4 Å². The zero-order valence-corrected chi connectivity index (χ0v) is 13.3. The largest absolute Gasteiger partial charge is 0.386 e. The molecule has 0 bridgehead atoms. The molecule has 0 saturated carbocycles. The number of aromatic amines is 1. The van der Waals surface area contributed by atoms with Gasteiger partial charge in [0.2, 0.25) is 5.95 Å². The van der Waals surface area contributed by atoms with Crippen LogP contribution in [0, 0.1) is 5.53 Å². The number of H-pyrrole nitrogens is 1. The summed E-state index contributed by atoms with van der Waals surface area (Å²) < 4.78 is 0. The first-order valence-corrected chi connectivity index (χ1v) is 7.42. The molecule has 2 aromatic heterocycles. The van der Waals surface area contributed by atoms with E-state index >= 15 is 0 Å². The molecule has 0 fully saturated rings. The van der Waals surface area contributed by atoms with Crippen LogP contribution in [0.15, 0.2) is 35.7 Å². The topological polar surface area (TPSA) is 102 Å². The summed E-state index contributed by atoms with van der Waals surface area (Å²) in [6.45, 7) is 4.10. The van der Waals surface area contributed by atoms with Gasteiger partial charge in [0.1, 0.15) is 11.3 Å². The fourth-order valence-corrected chi connectivity index (χ4v) is 2.48. The summed E-state index contributed by atoms with van der Waals surface area (Å²) in [5.41, 5.74) is 11.4. The van der Waals surface area contributed by atoms with Crippen LogP contribution in [0.25, 0.3) is 22.2 Å². The van der Waals surface area contributed by atoms with Crippen LogP contribution in [-0.2, 0) is 0 Å². The average molecular weight is 309 g/mol. The van der Waals surface area contributed by atoms with Crippen molar-refractivity contribution in [3.05, 3.63) is 30.6 Å². The molecule has 1 aromatic carbocycles.